The molecule has 6 heteroatoms. The number of oxime groups is 1. The molecule has 0 unspecified atom stereocenters. The van der Waals surface area contributed by atoms with E-state index in [-0.39, 0.29) is 13.2 Å². The van der Waals surface area contributed by atoms with Gasteiger partial charge in [-0.05, 0) is 54.4 Å². The maximum Gasteiger partial charge on any atom is 0.416 e. The van der Waals surface area contributed by atoms with Crippen LogP contribution < -0.4 is 4.74 Å². The van der Waals surface area contributed by atoms with Crippen molar-refractivity contribution in [1.82, 2.24) is 0 Å². The van der Waals surface area contributed by atoms with Crippen LogP contribution in [0.15, 0.2) is 53.7 Å². The number of alkyl halides is 3. The Kier molecular flexibility index (Phi) is 6.07. The van der Waals surface area contributed by atoms with E-state index in [0.29, 0.717) is 17.0 Å². The number of rotatable bonds is 6. The molecule has 0 saturated heterocycles. The topological polar surface area (TPSA) is 30.8 Å². The molecular weight excluding hydrogens is 331 g/mol. The second kappa shape index (κ2) is 8.25. The Balaban J connectivity index is 1.92. The molecule has 0 heterocycles. The quantitative estimate of drug-likeness (QED) is 0.432. The van der Waals surface area contributed by atoms with Gasteiger partial charge in [-0.25, -0.2) is 0 Å². The average Bonchev–Trinajstić information content (AvgIpc) is 2.60. The zero-order chi connectivity index (χ0) is 18.3. The van der Waals surface area contributed by atoms with E-state index in [9.17, 15) is 13.2 Å². The zero-order valence-electron chi connectivity index (χ0n) is 13.5. The number of nitrogens with zero attached hydrogens (tertiary/aromatic N) is 1. The molecule has 0 aromatic heterocycles. The molecule has 0 saturated carbocycles. The fourth-order valence-electron chi connectivity index (χ4n) is 1.96. The second-order valence-electron chi connectivity index (χ2n) is 5.16. The van der Waals surface area contributed by atoms with Crippen molar-refractivity contribution in [1.29, 1.82) is 0 Å². The van der Waals surface area contributed by atoms with Gasteiger partial charge in [-0.2, -0.15) is 13.2 Å². The number of hydrogen-bond acceptors (Lipinski definition) is 3. The average molecular weight is 347 g/mol. The normalized spacial score (nSPS) is 11.7. The van der Waals surface area contributed by atoms with Gasteiger partial charge in [0, 0.05) is 0 Å². The molecule has 0 bridgehead atoms. The molecule has 0 aliphatic rings. The number of terminal acetylenes is 1. The maximum absolute atomic E-state index is 12.5. The van der Waals surface area contributed by atoms with Gasteiger partial charge in [-0.1, -0.05) is 23.2 Å². The van der Waals surface area contributed by atoms with Gasteiger partial charge in [-0.3, -0.25) is 0 Å². The van der Waals surface area contributed by atoms with Gasteiger partial charge in [0.05, 0.1) is 11.3 Å². The molecule has 130 valence electrons. The molecular formula is C19H16F3NO2. The fraction of sp³-hybridized carbons (Fsp3) is 0.211. The number of hydrogen-bond donors (Lipinski definition) is 0. The molecule has 0 fully saturated rings. The van der Waals surface area contributed by atoms with Crippen LogP contribution in [0.3, 0.4) is 0 Å². The first kappa shape index (κ1) is 18.4. The van der Waals surface area contributed by atoms with Crippen LogP contribution in [-0.2, 0) is 17.6 Å². The van der Waals surface area contributed by atoms with E-state index in [1.165, 1.54) is 12.1 Å². The third-order valence-corrected chi connectivity index (χ3v) is 3.31. The van der Waals surface area contributed by atoms with E-state index >= 15 is 0 Å². The van der Waals surface area contributed by atoms with E-state index in [0.717, 1.165) is 17.7 Å². The summed E-state index contributed by atoms with van der Waals surface area (Å²) in [6, 6.07) is 11.9. The molecule has 0 atom stereocenters. The Bertz CT molecular complexity index is 757. The molecule has 0 amide bonds. The van der Waals surface area contributed by atoms with Gasteiger partial charge in [0.1, 0.15) is 19.0 Å². The van der Waals surface area contributed by atoms with E-state index in [1.54, 1.807) is 19.1 Å². The first-order chi connectivity index (χ1) is 11.9. The largest absolute Gasteiger partial charge is 0.481 e. The third-order valence-electron chi connectivity index (χ3n) is 3.31. The van der Waals surface area contributed by atoms with Crippen molar-refractivity contribution in [2.75, 3.05) is 6.61 Å². The molecule has 2 aromatic carbocycles. The number of halogens is 3. The minimum absolute atomic E-state index is 0.0822. The van der Waals surface area contributed by atoms with E-state index in [2.05, 4.69) is 11.1 Å². The highest BCUT2D eigenvalue weighted by atomic mass is 19.4. The standard InChI is InChI=1S/C19H16F3NO2/c1-3-12-24-18-10-6-16(7-11-18)14(2)23-25-13-15-4-8-17(9-5-15)19(20,21)22/h1,4-11H,12-13H2,2H3. The Morgan fingerprint density at radius 2 is 1.72 bits per heavy atom. The monoisotopic (exact) mass is 347 g/mol. The smallest absolute Gasteiger partial charge is 0.416 e. The summed E-state index contributed by atoms with van der Waals surface area (Å²) in [4.78, 5) is 5.21. The van der Waals surface area contributed by atoms with Gasteiger partial charge in [-0.15, -0.1) is 6.42 Å². The summed E-state index contributed by atoms with van der Waals surface area (Å²) in [6.07, 6.45) is 0.777. The lowest BCUT2D eigenvalue weighted by atomic mass is 10.1. The summed E-state index contributed by atoms with van der Waals surface area (Å²) in [5, 5.41) is 3.97. The molecule has 0 aliphatic heterocycles. The van der Waals surface area contributed by atoms with Crippen molar-refractivity contribution in [3.63, 3.8) is 0 Å². The van der Waals surface area contributed by atoms with Gasteiger partial charge in [0.2, 0.25) is 0 Å². The molecule has 0 radical (unpaired) electrons. The molecule has 0 N–H and O–H groups in total. The third kappa shape index (κ3) is 5.57. The van der Waals surface area contributed by atoms with Crippen LogP contribution in [0.4, 0.5) is 13.2 Å². The molecule has 3 nitrogen and oxygen atoms in total. The fourth-order valence-corrected chi connectivity index (χ4v) is 1.96. The molecule has 25 heavy (non-hydrogen) atoms. The van der Waals surface area contributed by atoms with E-state index < -0.39 is 11.7 Å². The summed E-state index contributed by atoms with van der Waals surface area (Å²) in [6.45, 7) is 2.05. The number of ether oxygens (including phenoxy) is 1. The lowest BCUT2D eigenvalue weighted by molar-refractivity contribution is -0.137. The van der Waals surface area contributed by atoms with Crippen LogP contribution in [0.2, 0.25) is 0 Å². The Morgan fingerprint density at radius 3 is 2.28 bits per heavy atom. The van der Waals surface area contributed by atoms with Crippen LogP contribution in [0.5, 0.6) is 5.75 Å². The van der Waals surface area contributed by atoms with Crippen LogP contribution >= 0.6 is 0 Å². The lowest BCUT2D eigenvalue weighted by Gasteiger charge is -2.07. The molecule has 2 aromatic rings. The van der Waals surface area contributed by atoms with Gasteiger partial charge >= 0.3 is 6.18 Å². The predicted molar refractivity (Wildman–Crippen MR) is 89.2 cm³/mol. The first-order valence-electron chi connectivity index (χ1n) is 7.39. The van der Waals surface area contributed by atoms with E-state index in [4.69, 9.17) is 16.0 Å². The highest BCUT2D eigenvalue weighted by molar-refractivity contribution is 5.98. The summed E-state index contributed by atoms with van der Waals surface area (Å²) in [7, 11) is 0. The van der Waals surface area contributed by atoms with Gasteiger partial charge < -0.3 is 9.57 Å². The van der Waals surface area contributed by atoms with Crippen molar-refractivity contribution in [3.05, 3.63) is 65.2 Å². The molecule has 0 aliphatic carbocycles. The highest BCUT2D eigenvalue weighted by Gasteiger charge is 2.29. The summed E-state index contributed by atoms with van der Waals surface area (Å²) < 4.78 is 42.7. The van der Waals surface area contributed by atoms with Crippen molar-refractivity contribution in [2.45, 2.75) is 19.7 Å². The summed E-state index contributed by atoms with van der Waals surface area (Å²) in [5.74, 6) is 3.03. The van der Waals surface area contributed by atoms with Gasteiger partial charge in [0.15, 0.2) is 0 Å². The number of benzene rings is 2. The summed E-state index contributed by atoms with van der Waals surface area (Å²) >= 11 is 0. The van der Waals surface area contributed by atoms with Crippen LogP contribution in [0.25, 0.3) is 0 Å². The minimum atomic E-state index is -4.34. The molecule has 2 rings (SSSR count). The predicted octanol–water partition coefficient (Wildman–Crippen LogP) is 4.66. The van der Waals surface area contributed by atoms with Crippen molar-refractivity contribution < 1.29 is 22.7 Å². The Morgan fingerprint density at radius 1 is 1.08 bits per heavy atom. The second-order valence-corrected chi connectivity index (χ2v) is 5.16. The Labute approximate surface area is 144 Å². The van der Waals surface area contributed by atoms with Crippen LogP contribution in [0, 0.1) is 12.3 Å². The van der Waals surface area contributed by atoms with Crippen molar-refractivity contribution in [3.8, 4) is 18.1 Å². The Hall–Kier alpha value is -2.94. The first-order valence-corrected chi connectivity index (χ1v) is 7.39. The summed E-state index contributed by atoms with van der Waals surface area (Å²) in [5.41, 5.74) is 1.38. The molecule has 0 spiro atoms. The van der Waals surface area contributed by atoms with Gasteiger partial charge in [0.25, 0.3) is 0 Å². The van der Waals surface area contributed by atoms with Crippen molar-refractivity contribution in [2.24, 2.45) is 5.16 Å². The van der Waals surface area contributed by atoms with Crippen LogP contribution in [0.1, 0.15) is 23.6 Å². The lowest BCUT2D eigenvalue weighted by Crippen LogP contribution is -2.04. The maximum atomic E-state index is 12.5. The van der Waals surface area contributed by atoms with Crippen LogP contribution in [-0.4, -0.2) is 12.3 Å². The SMILES string of the molecule is C#CCOc1ccc(C(C)=NOCc2ccc(C(F)(F)F)cc2)cc1. The zero-order valence-corrected chi connectivity index (χ0v) is 13.5. The minimum Gasteiger partial charge on any atom is -0.481 e. The highest BCUT2D eigenvalue weighted by Crippen LogP contribution is 2.29. The van der Waals surface area contributed by atoms with E-state index in [1.807, 2.05) is 12.1 Å². The van der Waals surface area contributed by atoms with Crippen molar-refractivity contribution >= 4 is 5.71 Å².